The van der Waals surface area contributed by atoms with Crippen molar-refractivity contribution in [2.45, 2.75) is 51.0 Å². The Morgan fingerprint density at radius 3 is 2.59 bits per heavy atom. The third-order valence-electron chi connectivity index (χ3n) is 4.29. The zero-order chi connectivity index (χ0) is 16.2. The van der Waals surface area contributed by atoms with Crippen molar-refractivity contribution < 1.29 is 19.4 Å². The lowest BCUT2D eigenvalue weighted by atomic mass is 9.92. The Morgan fingerprint density at radius 1 is 1.32 bits per heavy atom. The molecule has 2 N–H and O–H groups in total. The van der Waals surface area contributed by atoms with E-state index in [1.165, 1.54) is 0 Å². The molecule has 2 rings (SSSR count). The van der Waals surface area contributed by atoms with Crippen molar-refractivity contribution in [3.63, 3.8) is 0 Å². The summed E-state index contributed by atoms with van der Waals surface area (Å²) < 4.78 is 5.26. The predicted molar refractivity (Wildman–Crippen MR) is 83.0 cm³/mol. The Kier molecular flexibility index (Phi) is 5.06. The van der Waals surface area contributed by atoms with E-state index in [1.807, 2.05) is 25.1 Å². The number of benzene rings is 1. The Bertz CT molecular complexity index is 562. The molecule has 1 fully saturated rings. The second-order valence-corrected chi connectivity index (χ2v) is 6.09. The summed E-state index contributed by atoms with van der Waals surface area (Å²) >= 11 is 0. The highest BCUT2D eigenvalue weighted by Gasteiger charge is 2.37. The number of carboxylic acid groups (broad SMARTS) is 1. The number of nitrogens with one attached hydrogen (secondary N) is 1. The Labute approximate surface area is 130 Å². The summed E-state index contributed by atoms with van der Waals surface area (Å²) in [4.78, 5) is 23.3. The molecule has 1 amide bonds. The van der Waals surface area contributed by atoms with Crippen LogP contribution in [-0.4, -0.2) is 29.6 Å². The lowest BCUT2D eigenvalue weighted by Gasteiger charge is -2.28. The van der Waals surface area contributed by atoms with Crippen LogP contribution in [-0.2, 0) is 16.0 Å². The van der Waals surface area contributed by atoms with Gasteiger partial charge in [0.15, 0.2) is 0 Å². The van der Waals surface area contributed by atoms with Crippen molar-refractivity contribution in [1.82, 2.24) is 5.32 Å². The van der Waals surface area contributed by atoms with Crippen molar-refractivity contribution in [3.8, 4) is 5.75 Å². The Morgan fingerprint density at radius 2 is 2.00 bits per heavy atom. The molecule has 5 heteroatoms. The van der Waals surface area contributed by atoms with Gasteiger partial charge in [-0.25, -0.2) is 0 Å². The van der Waals surface area contributed by atoms with Crippen LogP contribution in [0, 0.1) is 6.92 Å². The van der Waals surface area contributed by atoms with Crippen LogP contribution in [0.4, 0.5) is 0 Å². The molecule has 0 saturated heterocycles. The summed E-state index contributed by atoms with van der Waals surface area (Å²) in [5, 5.41) is 12.0. The van der Waals surface area contributed by atoms with Crippen LogP contribution >= 0.6 is 0 Å². The molecule has 0 aliphatic heterocycles. The van der Waals surface area contributed by atoms with E-state index in [2.05, 4.69) is 5.32 Å². The van der Waals surface area contributed by atoms with Crippen LogP contribution < -0.4 is 10.1 Å². The van der Waals surface area contributed by atoms with Crippen molar-refractivity contribution >= 4 is 11.9 Å². The number of hydrogen-bond acceptors (Lipinski definition) is 3. The fourth-order valence-electron chi connectivity index (χ4n) is 3.19. The monoisotopic (exact) mass is 305 g/mol. The van der Waals surface area contributed by atoms with Gasteiger partial charge >= 0.3 is 5.97 Å². The van der Waals surface area contributed by atoms with E-state index in [0.29, 0.717) is 0 Å². The number of carbonyl (C=O) groups excluding carboxylic acids is 1. The van der Waals surface area contributed by atoms with E-state index >= 15 is 0 Å². The highest BCUT2D eigenvalue weighted by molar-refractivity contribution is 5.80. The lowest BCUT2D eigenvalue weighted by molar-refractivity contribution is -0.139. The third-order valence-corrected chi connectivity index (χ3v) is 4.29. The number of aryl methyl sites for hydroxylation is 1. The molecule has 120 valence electrons. The molecular formula is C17H23NO4. The van der Waals surface area contributed by atoms with Crippen LogP contribution in [0.2, 0.25) is 0 Å². The first kappa shape index (κ1) is 16.3. The Balaban J connectivity index is 2.04. The first-order chi connectivity index (χ1) is 10.4. The molecule has 1 aliphatic rings. The van der Waals surface area contributed by atoms with E-state index in [0.717, 1.165) is 42.6 Å². The van der Waals surface area contributed by atoms with Crippen LogP contribution in [0.3, 0.4) is 0 Å². The van der Waals surface area contributed by atoms with Crippen molar-refractivity contribution in [3.05, 3.63) is 29.3 Å². The van der Waals surface area contributed by atoms with Crippen molar-refractivity contribution in [2.24, 2.45) is 0 Å². The molecule has 1 aliphatic carbocycles. The second-order valence-electron chi connectivity index (χ2n) is 6.09. The maximum Gasteiger partial charge on any atom is 0.305 e. The molecular weight excluding hydrogens is 282 g/mol. The average molecular weight is 305 g/mol. The summed E-state index contributed by atoms with van der Waals surface area (Å²) in [6.07, 6.45) is 3.64. The van der Waals surface area contributed by atoms with E-state index < -0.39 is 11.5 Å². The molecule has 0 spiro atoms. The normalized spacial score (nSPS) is 16.3. The van der Waals surface area contributed by atoms with Gasteiger partial charge in [0.2, 0.25) is 5.91 Å². The van der Waals surface area contributed by atoms with Crippen molar-refractivity contribution in [2.75, 3.05) is 7.11 Å². The largest absolute Gasteiger partial charge is 0.496 e. The average Bonchev–Trinajstić information content (AvgIpc) is 2.87. The second kappa shape index (κ2) is 6.81. The Hall–Kier alpha value is -2.04. The number of carbonyl (C=O) groups is 2. The van der Waals surface area contributed by atoms with Gasteiger partial charge in [0.1, 0.15) is 5.75 Å². The number of amides is 1. The lowest BCUT2D eigenvalue weighted by Crippen LogP contribution is -2.48. The molecule has 5 nitrogen and oxygen atoms in total. The maximum atomic E-state index is 12.3. The molecule has 22 heavy (non-hydrogen) atoms. The molecule has 0 atom stereocenters. The number of methoxy groups -OCH3 is 1. The number of ether oxygens (including phenoxy) is 1. The van der Waals surface area contributed by atoms with Crippen molar-refractivity contribution in [1.29, 1.82) is 0 Å². The topological polar surface area (TPSA) is 75.6 Å². The maximum absolute atomic E-state index is 12.3. The van der Waals surface area contributed by atoms with Gasteiger partial charge in [-0.1, -0.05) is 25.0 Å². The first-order valence-corrected chi connectivity index (χ1v) is 7.60. The molecule has 1 aromatic rings. The van der Waals surface area contributed by atoms with Gasteiger partial charge in [-0.3, -0.25) is 9.59 Å². The van der Waals surface area contributed by atoms with Gasteiger partial charge in [-0.2, -0.15) is 0 Å². The minimum Gasteiger partial charge on any atom is -0.496 e. The zero-order valence-electron chi connectivity index (χ0n) is 13.1. The number of carboxylic acids is 1. The number of aliphatic carboxylic acids is 1. The number of hydrogen-bond donors (Lipinski definition) is 2. The van der Waals surface area contributed by atoms with Gasteiger partial charge in [0, 0.05) is 0 Å². The summed E-state index contributed by atoms with van der Waals surface area (Å²) in [7, 11) is 1.60. The minimum absolute atomic E-state index is 0.00401. The van der Waals surface area contributed by atoms with Gasteiger partial charge in [0.25, 0.3) is 0 Å². The van der Waals surface area contributed by atoms with E-state index in [9.17, 15) is 9.59 Å². The quantitative estimate of drug-likeness (QED) is 0.846. The fraction of sp³-hybridized carbons (Fsp3) is 0.529. The van der Waals surface area contributed by atoms with Gasteiger partial charge in [-0.05, 0) is 37.0 Å². The van der Waals surface area contributed by atoms with Gasteiger partial charge in [-0.15, -0.1) is 0 Å². The summed E-state index contributed by atoms with van der Waals surface area (Å²) in [6, 6.07) is 5.67. The fourth-order valence-corrected chi connectivity index (χ4v) is 3.19. The molecule has 1 aromatic carbocycles. The van der Waals surface area contributed by atoms with Crippen LogP contribution in [0.25, 0.3) is 0 Å². The standard InChI is InChI=1S/C17H23NO4/c1-12-5-6-13(9-14(12)22-2)10-15(19)18-17(11-16(20)21)7-3-4-8-17/h5-6,9H,3-4,7-8,10-11H2,1-2H3,(H,18,19)(H,20,21). The molecule has 0 unspecified atom stereocenters. The van der Waals surface area contributed by atoms with E-state index in [-0.39, 0.29) is 18.7 Å². The SMILES string of the molecule is COc1cc(CC(=O)NC2(CC(=O)O)CCCC2)ccc1C. The van der Waals surface area contributed by atoms with E-state index in [4.69, 9.17) is 9.84 Å². The summed E-state index contributed by atoms with van der Waals surface area (Å²) in [6.45, 7) is 1.95. The molecule has 0 radical (unpaired) electrons. The summed E-state index contributed by atoms with van der Waals surface area (Å²) in [5.74, 6) is -0.236. The molecule has 0 heterocycles. The smallest absolute Gasteiger partial charge is 0.305 e. The van der Waals surface area contributed by atoms with Crippen LogP contribution in [0.5, 0.6) is 5.75 Å². The van der Waals surface area contributed by atoms with Crippen LogP contribution in [0.1, 0.15) is 43.2 Å². The number of rotatable bonds is 6. The van der Waals surface area contributed by atoms with Gasteiger partial charge < -0.3 is 15.2 Å². The van der Waals surface area contributed by atoms with E-state index in [1.54, 1.807) is 7.11 Å². The van der Waals surface area contributed by atoms with Gasteiger partial charge in [0.05, 0.1) is 25.5 Å². The summed E-state index contributed by atoms with van der Waals surface area (Å²) in [5.41, 5.74) is 1.31. The molecule has 1 saturated carbocycles. The molecule has 0 aromatic heterocycles. The third kappa shape index (κ3) is 4.00. The highest BCUT2D eigenvalue weighted by atomic mass is 16.5. The first-order valence-electron chi connectivity index (χ1n) is 7.60. The molecule has 0 bridgehead atoms. The van der Waals surface area contributed by atoms with Crippen LogP contribution in [0.15, 0.2) is 18.2 Å². The minimum atomic E-state index is -0.862. The zero-order valence-corrected chi connectivity index (χ0v) is 13.1. The predicted octanol–water partition coefficient (Wildman–Crippen LogP) is 2.45. The highest BCUT2D eigenvalue weighted by Crippen LogP contribution is 2.32.